The van der Waals surface area contributed by atoms with E-state index in [1.807, 2.05) is 0 Å². The predicted octanol–water partition coefficient (Wildman–Crippen LogP) is -2.75. The SMILES string of the molecule is Nc1nc2c([nH]c(=O)n2[C@@H]2O[C@H](CO)[C@H]3OS(=O)O[C@H]32)c(=O)[nH]1. The van der Waals surface area contributed by atoms with Gasteiger partial charge in [-0.15, -0.1) is 0 Å². The molecule has 4 rings (SSSR count). The molecule has 4 heterocycles. The van der Waals surface area contributed by atoms with Gasteiger partial charge in [0.1, 0.15) is 12.2 Å². The third-order valence-corrected chi connectivity index (χ3v) is 4.46. The minimum Gasteiger partial charge on any atom is -0.394 e. The molecule has 2 aromatic heterocycles. The van der Waals surface area contributed by atoms with Crippen LogP contribution in [0.25, 0.3) is 11.2 Å². The molecule has 0 saturated carbocycles. The number of H-pyrrole nitrogens is 2. The molecule has 124 valence electrons. The van der Waals surface area contributed by atoms with Gasteiger partial charge in [0, 0.05) is 0 Å². The summed E-state index contributed by atoms with van der Waals surface area (Å²) in [5.41, 5.74) is 4.07. The van der Waals surface area contributed by atoms with E-state index < -0.39 is 53.8 Å². The van der Waals surface area contributed by atoms with E-state index in [2.05, 4.69) is 15.0 Å². The van der Waals surface area contributed by atoms with Gasteiger partial charge in [0.15, 0.2) is 23.5 Å². The molecular weight excluding hydrogens is 334 g/mol. The normalized spacial score (nSPS) is 33.3. The second-order valence-corrected chi connectivity index (χ2v) is 5.82. The van der Waals surface area contributed by atoms with Gasteiger partial charge in [0.05, 0.1) is 6.61 Å². The van der Waals surface area contributed by atoms with E-state index in [-0.39, 0.29) is 17.1 Å². The minimum absolute atomic E-state index is 0.0418. The van der Waals surface area contributed by atoms with E-state index >= 15 is 0 Å². The molecular formula is C10H11N5O7S. The fourth-order valence-corrected chi connectivity index (χ4v) is 3.60. The highest BCUT2D eigenvalue weighted by Gasteiger charge is 2.54. The molecule has 0 aromatic carbocycles. The van der Waals surface area contributed by atoms with Gasteiger partial charge in [0.25, 0.3) is 5.56 Å². The molecule has 0 spiro atoms. The van der Waals surface area contributed by atoms with Crippen molar-refractivity contribution in [2.24, 2.45) is 0 Å². The number of rotatable bonds is 2. The zero-order chi connectivity index (χ0) is 16.3. The Labute approximate surface area is 129 Å². The van der Waals surface area contributed by atoms with Crippen LogP contribution < -0.4 is 17.0 Å². The van der Waals surface area contributed by atoms with Crippen LogP contribution in [-0.4, -0.2) is 53.8 Å². The fourth-order valence-electron chi connectivity index (χ4n) is 2.75. The monoisotopic (exact) mass is 345 g/mol. The van der Waals surface area contributed by atoms with Gasteiger partial charge in [-0.3, -0.25) is 23.1 Å². The standard InChI is InChI=1S/C10H11N5O7S/c11-9-13-6-3(7(17)14-9)12-10(18)15(6)8-5-4(2(1-16)20-8)21-23(19)22-5/h2,4-5,8,16H,1H2,(H,12,18)(H3,11,13,14,17)/t2-,4-,5-,8-,23?/m1/s1. The first-order valence-electron chi connectivity index (χ1n) is 6.52. The van der Waals surface area contributed by atoms with Crippen LogP contribution in [0.1, 0.15) is 6.23 Å². The zero-order valence-corrected chi connectivity index (χ0v) is 12.1. The first-order valence-corrected chi connectivity index (χ1v) is 7.52. The number of nitrogens with two attached hydrogens (primary N) is 1. The third-order valence-electron chi connectivity index (χ3n) is 3.70. The van der Waals surface area contributed by atoms with Crippen molar-refractivity contribution in [1.29, 1.82) is 0 Å². The van der Waals surface area contributed by atoms with Gasteiger partial charge < -0.3 is 15.6 Å². The number of aliphatic hydroxyl groups excluding tert-OH is 1. The lowest BCUT2D eigenvalue weighted by Gasteiger charge is -2.16. The Kier molecular flexibility index (Phi) is 3.14. The Morgan fingerprint density at radius 1 is 1.30 bits per heavy atom. The molecule has 0 aliphatic carbocycles. The van der Waals surface area contributed by atoms with Crippen LogP contribution >= 0.6 is 0 Å². The Bertz CT molecular complexity index is 918. The number of imidazole rings is 1. The van der Waals surface area contributed by atoms with Gasteiger partial charge in [-0.05, 0) is 0 Å². The summed E-state index contributed by atoms with van der Waals surface area (Å²) in [6.07, 6.45) is -3.65. The molecule has 2 saturated heterocycles. The molecule has 2 aliphatic heterocycles. The largest absolute Gasteiger partial charge is 0.394 e. The van der Waals surface area contributed by atoms with E-state index in [9.17, 15) is 18.9 Å². The molecule has 12 nitrogen and oxygen atoms in total. The number of nitrogens with one attached hydrogen (secondary N) is 2. The average Bonchev–Trinajstić information content (AvgIpc) is 3.10. The minimum atomic E-state index is -2.02. The number of nitrogens with zero attached hydrogens (tertiary/aromatic N) is 2. The highest BCUT2D eigenvalue weighted by Crippen LogP contribution is 2.38. The highest BCUT2D eigenvalue weighted by atomic mass is 32.2. The Hall–Kier alpha value is -2.06. The first kappa shape index (κ1) is 14.5. The number of anilines is 1. The van der Waals surface area contributed by atoms with Crippen LogP contribution in [0.4, 0.5) is 5.95 Å². The lowest BCUT2D eigenvalue weighted by molar-refractivity contribution is -0.0538. The van der Waals surface area contributed by atoms with E-state index in [1.165, 1.54) is 0 Å². The van der Waals surface area contributed by atoms with Crippen molar-refractivity contribution in [3.8, 4) is 0 Å². The molecule has 23 heavy (non-hydrogen) atoms. The number of nitrogen functional groups attached to an aromatic ring is 1. The number of aromatic amines is 2. The number of aliphatic hydroxyl groups is 1. The molecule has 13 heteroatoms. The van der Waals surface area contributed by atoms with Gasteiger partial charge in [-0.25, -0.2) is 9.36 Å². The number of hydrogen-bond donors (Lipinski definition) is 4. The summed E-state index contributed by atoms with van der Waals surface area (Å²) in [7, 11) is 0. The molecule has 5 N–H and O–H groups in total. The topological polar surface area (TPSA) is 175 Å². The summed E-state index contributed by atoms with van der Waals surface area (Å²) < 4.78 is 28.2. The number of fused-ring (bicyclic) bond motifs is 2. The number of ether oxygens (including phenoxy) is 1. The van der Waals surface area contributed by atoms with Crippen LogP contribution in [0.5, 0.6) is 0 Å². The number of aromatic nitrogens is 4. The molecule has 1 unspecified atom stereocenters. The van der Waals surface area contributed by atoms with E-state index in [4.69, 9.17) is 18.8 Å². The Morgan fingerprint density at radius 3 is 2.78 bits per heavy atom. The molecule has 0 radical (unpaired) electrons. The van der Waals surface area contributed by atoms with Gasteiger partial charge in [-0.1, -0.05) is 0 Å². The molecule has 0 amide bonds. The van der Waals surface area contributed by atoms with Crippen molar-refractivity contribution in [3.05, 3.63) is 20.8 Å². The summed E-state index contributed by atoms with van der Waals surface area (Å²) in [6, 6.07) is 0. The van der Waals surface area contributed by atoms with Crippen LogP contribution in [0.3, 0.4) is 0 Å². The van der Waals surface area contributed by atoms with Crippen LogP contribution in [0.15, 0.2) is 9.59 Å². The Morgan fingerprint density at radius 2 is 2.04 bits per heavy atom. The van der Waals surface area contributed by atoms with Crippen LogP contribution in [0.2, 0.25) is 0 Å². The van der Waals surface area contributed by atoms with Crippen molar-refractivity contribution in [3.63, 3.8) is 0 Å². The smallest absolute Gasteiger partial charge is 0.330 e. The number of hydrogen-bond acceptors (Lipinski definition) is 9. The first-order chi connectivity index (χ1) is 11.0. The van der Waals surface area contributed by atoms with Crippen molar-refractivity contribution in [1.82, 2.24) is 19.5 Å². The average molecular weight is 345 g/mol. The zero-order valence-electron chi connectivity index (χ0n) is 11.3. The van der Waals surface area contributed by atoms with Gasteiger partial charge >= 0.3 is 17.1 Å². The maximum absolute atomic E-state index is 12.2. The second kappa shape index (κ2) is 4.97. The third kappa shape index (κ3) is 2.05. The lowest BCUT2D eigenvalue weighted by Crippen LogP contribution is -2.32. The Balaban J connectivity index is 1.89. The summed E-state index contributed by atoms with van der Waals surface area (Å²) in [6.45, 7) is -0.425. The molecule has 2 aliphatic rings. The predicted molar refractivity (Wildman–Crippen MR) is 74.3 cm³/mol. The van der Waals surface area contributed by atoms with Gasteiger partial charge in [0.2, 0.25) is 5.95 Å². The molecule has 5 atom stereocenters. The summed E-state index contributed by atoms with van der Waals surface area (Å²) in [5, 5.41) is 9.34. The van der Waals surface area contributed by atoms with E-state index in [0.717, 1.165) is 4.57 Å². The van der Waals surface area contributed by atoms with Gasteiger partial charge in [-0.2, -0.15) is 9.19 Å². The second-order valence-electron chi connectivity index (χ2n) is 5.02. The van der Waals surface area contributed by atoms with Crippen molar-refractivity contribution >= 4 is 28.5 Å². The molecule has 2 fully saturated rings. The molecule has 0 bridgehead atoms. The quantitative estimate of drug-likeness (QED) is 0.449. The van der Waals surface area contributed by atoms with Crippen LogP contribution in [0, 0.1) is 0 Å². The highest BCUT2D eigenvalue weighted by molar-refractivity contribution is 7.75. The van der Waals surface area contributed by atoms with E-state index in [0.29, 0.717) is 0 Å². The fraction of sp³-hybridized carbons (Fsp3) is 0.500. The summed E-state index contributed by atoms with van der Waals surface area (Å²) in [5.74, 6) is -0.185. The van der Waals surface area contributed by atoms with Crippen molar-refractivity contribution in [2.75, 3.05) is 12.3 Å². The van der Waals surface area contributed by atoms with E-state index in [1.54, 1.807) is 0 Å². The summed E-state index contributed by atoms with van der Waals surface area (Å²) >= 11 is -2.02. The maximum atomic E-state index is 12.2. The van der Waals surface area contributed by atoms with Crippen molar-refractivity contribution < 1.29 is 22.4 Å². The lowest BCUT2D eigenvalue weighted by atomic mass is 10.1. The van der Waals surface area contributed by atoms with Crippen LogP contribution in [-0.2, 0) is 24.5 Å². The van der Waals surface area contributed by atoms with Crippen molar-refractivity contribution in [2.45, 2.75) is 24.5 Å². The maximum Gasteiger partial charge on any atom is 0.330 e. The molecule has 2 aromatic rings. The summed E-state index contributed by atoms with van der Waals surface area (Å²) in [4.78, 5) is 32.6.